The zero-order valence-electron chi connectivity index (χ0n) is 13.1. The largest absolute Gasteiger partial charge is 0.379 e. The van der Waals surface area contributed by atoms with Crippen molar-refractivity contribution in [3.8, 4) is 0 Å². The molecule has 0 aromatic heterocycles. The fourth-order valence-electron chi connectivity index (χ4n) is 3.48. The van der Waals surface area contributed by atoms with Gasteiger partial charge in [-0.15, -0.1) is 0 Å². The lowest BCUT2D eigenvalue weighted by Gasteiger charge is -2.48. The zero-order valence-corrected chi connectivity index (χ0v) is 13.1. The van der Waals surface area contributed by atoms with Gasteiger partial charge in [0.25, 0.3) is 0 Å². The lowest BCUT2D eigenvalue weighted by Crippen LogP contribution is -2.61. The van der Waals surface area contributed by atoms with Gasteiger partial charge in [-0.05, 0) is 32.4 Å². The van der Waals surface area contributed by atoms with Crippen molar-refractivity contribution in [2.24, 2.45) is 5.73 Å². The van der Waals surface area contributed by atoms with Crippen LogP contribution in [-0.4, -0.2) is 37.2 Å². The molecule has 1 aliphatic carbocycles. The van der Waals surface area contributed by atoms with E-state index in [9.17, 15) is 0 Å². The van der Waals surface area contributed by atoms with Gasteiger partial charge < -0.3 is 10.5 Å². The molecule has 0 amide bonds. The maximum Gasteiger partial charge on any atom is 0.0767 e. The molecular weight excluding hydrogens is 248 g/mol. The minimum atomic E-state index is -0.0160. The summed E-state index contributed by atoms with van der Waals surface area (Å²) in [5.41, 5.74) is 8.79. The molecule has 1 aromatic carbocycles. The van der Waals surface area contributed by atoms with Crippen molar-refractivity contribution in [2.75, 3.05) is 20.7 Å². The van der Waals surface area contributed by atoms with Crippen molar-refractivity contribution in [3.63, 3.8) is 0 Å². The fourth-order valence-corrected chi connectivity index (χ4v) is 3.48. The highest BCUT2D eigenvalue weighted by molar-refractivity contribution is 5.21. The highest BCUT2D eigenvalue weighted by Crippen LogP contribution is 2.35. The summed E-state index contributed by atoms with van der Waals surface area (Å²) in [6.07, 6.45) is 4.99. The molecule has 0 spiro atoms. The van der Waals surface area contributed by atoms with Crippen molar-refractivity contribution in [1.29, 1.82) is 0 Å². The second kappa shape index (κ2) is 6.70. The van der Waals surface area contributed by atoms with E-state index in [-0.39, 0.29) is 11.6 Å². The smallest absolute Gasteiger partial charge is 0.0767 e. The highest BCUT2D eigenvalue weighted by Gasteiger charge is 2.43. The summed E-state index contributed by atoms with van der Waals surface area (Å²) < 4.78 is 5.75. The minimum absolute atomic E-state index is 0.0160. The molecule has 1 saturated carbocycles. The van der Waals surface area contributed by atoms with Gasteiger partial charge in [-0.25, -0.2) is 0 Å². The van der Waals surface area contributed by atoms with Crippen LogP contribution in [0.3, 0.4) is 0 Å². The van der Waals surface area contributed by atoms with Crippen LogP contribution in [-0.2, 0) is 11.3 Å². The SMILES string of the molecule is COC1CCCCC1(CN)N(C)Cc1ccc(C)cc1. The molecule has 0 aliphatic heterocycles. The molecule has 1 aromatic rings. The Bertz CT molecular complexity index is 418. The van der Waals surface area contributed by atoms with Gasteiger partial charge in [0, 0.05) is 20.2 Å². The van der Waals surface area contributed by atoms with Crippen molar-refractivity contribution in [3.05, 3.63) is 35.4 Å². The summed E-state index contributed by atoms with van der Waals surface area (Å²) in [5, 5.41) is 0. The summed E-state index contributed by atoms with van der Waals surface area (Å²) in [6.45, 7) is 3.71. The molecule has 2 atom stereocenters. The molecule has 0 bridgehead atoms. The van der Waals surface area contributed by atoms with E-state index in [1.165, 1.54) is 24.0 Å². The number of ether oxygens (including phenoxy) is 1. The maximum atomic E-state index is 6.16. The van der Waals surface area contributed by atoms with E-state index in [4.69, 9.17) is 10.5 Å². The number of hydrogen-bond donors (Lipinski definition) is 1. The third-order valence-electron chi connectivity index (χ3n) is 4.86. The monoisotopic (exact) mass is 276 g/mol. The van der Waals surface area contributed by atoms with Crippen molar-refractivity contribution >= 4 is 0 Å². The average molecular weight is 276 g/mol. The lowest BCUT2D eigenvalue weighted by atomic mass is 9.77. The van der Waals surface area contributed by atoms with Crippen LogP contribution in [0, 0.1) is 6.92 Å². The number of nitrogens with zero attached hydrogens (tertiary/aromatic N) is 1. The number of benzene rings is 1. The van der Waals surface area contributed by atoms with Crippen molar-refractivity contribution < 1.29 is 4.74 Å². The molecule has 0 heterocycles. The van der Waals surface area contributed by atoms with Gasteiger partial charge in [-0.2, -0.15) is 0 Å². The summed E-state index contributed by atoms with van der Waals surface area (Å²) >= 11 is 0. The molecule has 2 rings (SSSR count). The number of rotatable bonds is 5. The predicted octanol–water partition coefficient (Wildman–Crippen LogP) is 2.71. The quantitative estimate of drug-likeness (QED) is 0.898. The fraction of sp³-hybridized carbons (Fsp3) is 0.647. The zero-order chi connectivity index (χ0) is 14.6. The van der Waals surface area contributed by atoms with Crippen LogP contribution in [0.1, 0.15) is 36.8 Å². The van der Waals surface area contributed by atoms with E-state index in [0.29, 0.717) is 6.54 Å². The average Bonchev–Trinajstić information content (AvgIpc) is 2.49. The van der Waals surface area contributed by atoms with E-state index in [2.05, 4.69) is 43.1 Å². The Labute approximate surface area is 123 Å². The number of aryl methyl sites for hydroxylation is 1. The second-order valence-corrected chi connectivity index (χ2v) is 6.12. The van der Waals surface area contributed by atoms with Crippen LogP contribution in [0.4, 0.5) is 0 Å². The van der Waals surface area contributed by atoms with Gasteiger partial charge in [0.2, 0.25) is 0 Å². The predicted molar refractivity (Wildman–Crippen MR) is 83.7 cm³/mol. The van der Waals surface area contributed by atoms with Gasteiger partial charge >= 0.3 is 0 Å². The number of nitrogens with two attached hydrogens (primary N) is 1. The first-order valence-corrected chi connectivity index (χ1v) is 7.62. The molecule has 3 heteroatoms. The Balaban J connectivity index is 2.15. The molecule has 112 valence electrons. The van der Waals surface area contributed by atoms with Crippen LogP contribution < -0.4 is 5.73 Å². The van der Waals surface area contributed by atoms with E-state index in [1.807, 2.05) is 7.11 Å². The third kappa shape index (κ3) is 3.05. The lowest BCUT2D eigenvalue weighted by molar-refractivity contribution is -0.0688. The highest BCUT2D eigenvalue weighted by atomic mass is 16.5. The number of likely N-dealkylation sites (N-methyl/N-ethyl adjacent to an activating group) is 1. The van der Waals surface area contributed by atoms with Gasteiger partial charge in [0.15, 0.2) is 0 Å². The number of hydrogen-bond acceptors (Lipinski definition) is 3. The van der Waals surface area contributed by atoms with Gasteiger partial charge in [-0.1, -0.05) is 42.7 Å². The van der Waals surface area contributed by atoms with E-state index >= 15 is 0 Å². The third-order valence-corrected chi connectivity index (χ3v) is 4.86. The summed E-state index contributed by atoms with van der Waals surface area (Å²) in [5.74, 6) is 0. The van der Waals surface area contributed by atoms with E-state index in [0.717, 1.165) is 19.4 Å². The Hall–Kier alpha value is -0.900. The van der Waals surface area contributed by atoms with Crippen molar-refractivity contribution in [1.82, 2.24) is 4.90 Å². The van der Waals surface area contributed by atoms with Gasteiger partial charge in [0.05, 0.1) is 11.6 Å². The summed E-state index contributed by atoms with van der Waals surface area (Å²) in [6, 6.07) is 8.77. The standard InChI is InChI=1S/C17H28N2O/c1-14-7-9-15(10-8-14)12-19(2)17(13-18)11-5-4-6-16(17)20-3/h7-10,16H,4-6,11-13,18H2,1-3H3. The van der Waals surface area contributed by atoms with E-state index < -0.39 is 0 Å². The second-order valence-electron chi connectivity index (χ2n) is 6.12. The number of methoxy groups -OCH3 is 1. The van der Waals surface area contributed by atoms with Crippen LogP contribution in [0.15, 0.2) is 24.3 Å². The first kappa shape index (κ1) is 15.5. The van der Waals surface area contributed by atoms with Crippen molar-refractivity contribution in [2.45, 2.75) is 50.8 Å². The molecule has 2 unspecified atom stereocenters. The molecule has 2 N–H and O–H groups in total. The molecular formula is C17H28N2O. The Morgan fingerprint density at radius 2 is 2.00 bits per heavy atom. The summed E-state index contributed by atoms with van der Waals surface area (Å²) in [7, 11) is 4.00. The van der Waals surface area contributed by atoms with Crippen LogP contribution in [0.25, 0.3) is 0 Å². The Morgan fingerprint density at radius 1 is 1.30 bits per heavy atom. The normalized spacial score (nSPS) is 26.9. The summed E-state index contributed by atoms with van der Waals surface area (Å²) in [4.78, 5) is 2.41. The van der Waals surface area contributed by atoms with Crippen LogP contribution in [0.5, 0.6) is 0 Å². The van der Waals surface area contributed by atoms with Crippen LogP contribution in [0.2, 0.25) is 0 Å². The van der Waals surface area contributed by atoms with E-state index in [1.54, 1.807) is 0 Å². The molecule has 1 aliphatic rings. The Kier molecular flexibility index (Phi) is 5.19. The maximum absolute atomic E-state index is 6.16. The topological polar surface area (TPSA) is 38.5 Å². The molecule has 0 radical (unpaired) electrons. The first-order valence-electron chi connectivity index (χ1n) is 7.62. The van der Waals surface area contributed by atoms with Gasteiger partial charge in [-0.3, -0.25) is 4.90 Å². The van der Waals surface area contributed by atoms with Crippen LogP contribution >= 0.6 is 0 Å². The first-order chi connectivity index (χ1) is 9.62. The molecule has 20 heavy (non-hydrogen) atoms. The molecule has 1 fully saturated rings. The molecule has 3 nitrogen and oxygen atoms in total. The minimum Gasteiger partial charge on any atom is -0.379 e. The Morgan fingerprint density at radius 3 is 2.60 bits per heavy atom. The molecule has 0 saturated heterocycles. The van der Waals surface area contributed by atoms with Gasteiger partial charge in [0.1, 0.15) is 0 Å².